The standard InChI is InChI=1S/C20H35N3O.2BrH/c1-7-13-23(19(24)17(21)20(4,5)6)18(22-14-15(2)3)16-11-9-8-10-12-16;;/h8-12,15,17-18,22H,7,13-14,21H2,1-6H3;2*1H/t17-,18+;;/m1../s1. The molecular formula is C20H37Br2N3O. The van der Waals surface area contributed by atoms with Crippen molar-refractivity contribution < 1.29 is 4.79 Å². The fourth-order valence-electron chi connectivity index (χ4n) is 2.55. The minimum atomic E-state index is -0.517. The highest BCUT2D eigenvalue weighted by atomic mass is 79.9. The third-order valence-corrected chi connectivity index (χ3v) is 4.09. The second-order valence-electron chi connectivity index (χ2n) is 7.99. The molecule has 0 fully saturated rings. The number of benzene rings is 1. The molecule has 3 N–H and O–H groups in total. The molecule has 0 spiro atoms. The molecule has 1 aromatic rings. The quantitative estimate of drug-likeness (QED) is 0.515. The van der Waals surface area contributed by atoms with Crippen molar-refractivity contribution in [3.8, 4) is 0 Å². The zero-order valence-electron chi connectivity index (χ0n) is 17.0. The fourth-order valence-corrected chi connectivity index (χ4v) is 2.55. The smallest absolute Gasteiger partial charge is 0.241 e. The van der Waals surface area contributed by atoms with Gasteiger partial charge in [-0.15, -0.1) is 34.0 Å². The first-order chi connectivity index (χ1) is 11.2. The molecule has 0 aliphatic rings. The molecule has 0 aliphatic heterocycles. The highest BCUT2D eigenvalue weighted by molar-refractivity contribution is 8.93. The van der Waals surface area contributed by atoms with Gasteiger partial charge in [-0.05, 0) is 29.9 Å². The summed E-state index contributed by atoms with van der Waals surface area (Å²) in [6.07, 6.45) is 0.754. The van der Waals surface area contributed by atoms with Crippen molar-refractivity contribution in [2.45, 2.75) is 60.2 Å². The molecule has 0 heterocycles. The number of nitrogens with zero attached hydrogens (tertiary/aromatic N) is 1. The number of carbonyl (C=O) groups excluding carboxylic acids is 1. The van der Waals surface area contributed by atoms with Gasteiger partial charge in [0.1, 0.15) is 6.17 Å². The van der Waals surface area contributed by atoms with E-state index in [0.29, 0.717) is 12.5 Å². The highest BCUT2D eigenvalue weighted by Crippen LogP contribution is 2.24. The van der Waals surface area contributed by atoms with Gasteiger partial charge in [0.2, 0.25) is 5.91 Å². The van der Waals surface area contributed by atoms with Crippen LogP contribution in [0, 0.1) is 11.3 Å². The first-order valence-electron chi connectivity index (χ1n) is 9.02. The van der Waals surface area contributed by atoms with Gasteiger partial charge in [0.25, 0.3) is 0 Å². The number of halogens is 2. The van der Waals surface area contributed by atoms with Crippen molar-refractivity contribution in [1.82, 2.24) is 10.2 Å². The van der Waals surface area contributed by atoms with E-state index in [2.05, 4.69) is 38.2 Å². The second kappa shape index (κ2) is 12.9. The molecule has 6 heteroatoms. The van der Waals surface area contributed by atoms with Crippen LogP contribution in [0.15, 0.2) is 30.3 Å². The largest absolute Gasteiger partial charge is 0.322 e. The Balaban J connectivity index is 0. The van der Waals surface area contributed by atoms with E-state index in [-0.39, 0.29) is 51.5 Å². The van der Waals surface area contributed by atoms with Gasteiger partial charge < -0.3 is 10.6 Å². The Morgan fingerprint density at radius 3 is 2.12 bits per heavy atom. The third-order valence-electron chi connectivity index (χ3n) is 4.09. The topological polar surface area (TPSA) is 58.4 Å². The van der Waals surface area contributed by atoms with Gasteiger partial charge in [-0.25, -0.2) is 0 Å². The van der Waals surface area contributed by atoms with Gasteiger partial charge in [-0.2, -0.15) is 0 Å². The van der Waals surface area contributed by atoms with E-state index in [1.807, 2.05) is 43.9 Å². The molecule has 0 unspecified atom stereocenters. The SMILES string of the molecule is Br.Br.CCCN(C(=O)[C@@H](N)C(C)(C)C)[C@H](NCC(C)C)c1ccccc1. The van der Waals surface area contributed by atoms with Crippen LogP contribution < -0.4 is 11.1 Å². The predicted molar refractivity (Wildman–Crippen MR) is 122 cm³/mol. The van der Waals surface area contributed by atoms with E-state index in [1.165, 1.54) is 0 Å². The first kappa shape index (κ1) is 27.8. The highest BCUT2D eigenvalue weighted by Gasteiger charge is 2.34. The Morgan fingerprint density at radius 2 is 1.69 bits per heavy atom. The van der Waals surface area contributed by atoms with Crippen LogP contribution in [0.5, 0.6) is 0 Å². The Hall–Kier alpha value is -0.430. The van der Waals surface area contributed by atoms with Crippen LogP contribution in [0.1, 0.15) is 59.7 Å². The number of hydrogen-bond acceptors (Lipinski definition) is 3. The summed E-state index contributed by atoms with van der Waals surface area (Å²) < 4.78 is 0. The molecule has 2 atom stereocenters. The molecule has 0 bridgehead atoms. The zero-order chi connectivity index (χ0) is 18.3. The van der Waals surface area contributed by atoms with Gasteiger partial charge in [0.05, 0.1) is 6.04 Å². The Labute approximate surface area is 180 Å². The van der Waals surface area contributed by atoms with E-state index in [0.717, 1.165) is 18.5 Å². The minimum absolute atomic E-state index is 0. The number of carbonyl (C=O) groups is 1. The van der Waals surface area contributed by atoms with Gasteiger partial charge in [0, 0.05) is 6.54 Å². The Morgan fingerprint density at radius 1 is 1.15 bits per heavy atom. The van der Waals surface area contributed by atoms with Crippen molar-refractivity contribution in [2.24, 2.45) is 17.1 Å². The van der Waals surface area contributed by atoms with Crippen molar-refractivity contribution in [3.63, 3.8) is 0 Å². The van der Waals surface area contributed by atoms with Crippen LogP contribution in [0.4, 0.5) is 0 Å². The van der Waals surface area contributed by atoms with Crippen molar-refractivity contribution in [1.29, 1.82) is 0 Å². The summed E-state index contributed by atoms with van der Waals surface area (Å²) in [6, 6.07) is 9.63. The lowest BCUT2D eigenvalue weighted by atomic mass is 9.86. The van der Waals surface area contributed by atoms with Crippen molar-refractivity contribution >= 4 is 39.9 Å². The number of nitrogens with one attached hydrogen (secondary N) is 1. The Bertz CT molecular complexity index is 504. The monoisotopic (exact) mass is 493 g/mol. The van der Waals surface area contributed by atoms with Crippen LogP contribution in [-0.4, -0.2) is 29.9 Å². The minimum Gasteiger partial charge on any atom is -0.322 e. The summed E-state index contributed by atoms with van der Waals surface area (Å²) in [7, 11) is 0. The van der Waals surface area contributed by atoms with Crippen molar-refractivity contribution in [3.05, 3.63) is 35.9 Å². The normalized spacial score (nSPS) is 13.4. The summed E-state index contributed by atoms with van der Waals surface area (Å²) in [4.78, 5) is 15.0. The van der Waals surface area contributed by atoms with Gasteiger partial charge in [0.15, 0.2) is 0 Å². The average Bonchev–Trinajstić information content (AvgIpc) is 2.52. The average molecular weight is 495 g/mol. The maximum atomic E-state index is 13.1. The maximum absolute atomic E-state index is 13.1. The van der Waals surface area contributed by atoms with Gasteiger partial charge >= 0.3 is 0 Å². The summed E-state index contributed by atoms with van der Waals surface area (Å²) in [5.74, 6) is 0.514. The van der Waals surface area contributed by atoms with E-state index in [9.17, 15) is 4.79 Å². The Kier molecular flexibility index (Phi) is 13.8. The zero-order valence-corrected chi connectivity index (χ0v) is 20.4. The van der Waals surface area contributed by atoms with Crippen LogP contribution in [0.3, 0.4) is 0 Å². The van der Waals surface area contributed by atoms with Crippen molar-refractivity contribution in [2.75, 3.05) is 13.1 Å². The van der Waals surface area contributed by atoms with E-state index in [4.69, 9.17) is 5.73 Å². The third kappa shape index (κ3) is 8.51. The van der Waals surface area contributed by atoms with Gasteiger partial charge in [-0.1, -0.05) is 71.9 Å². The number of amides is 1. The summed E-state index contributed by atoms with van der Waals surface area (Å²) in [6.45, 7) is 14.0. The first-order valence-corrected chi connectivity index (χ1v) is 9.02. The molecular weight excluding hydrogens is 458 g/mol. The lowest BCUT2D eigenvalue weighted by Gasteiger charge is -2.38. The second-order valence-corrected chi connectivity index (χ2v) is 7.99. The maximum Gasteiger partial charge on any atom is 0.241 e. The molecule has 1 rings (SSSR count). The number of rotatable bonds is 8. The fraction of sp³-hybridized carbons (Fsp3) is 0.650. The molecule has 0 aliphatic carbocycles. The predicted octanol–water partition coefficient (Wildman–Crippen LogP) is 4.70. The van der Waals surface area contributed by atoms with Crippen LogP contribution in [0.25, 0.3) is 0 Å². The van der Waals surface area contributed by atoms with E-state index in [1.54, 1.807) is 0 Å². The number of hydrogen-bond donors (Lipinski definition) is 2. The molecule has 0 radical (unpaired) electrons. The van der Waals surface area contributed by atoms with Crippen LogP contribution in [-0.2, 0) is 4.79 Å². The van der Waals surface area contributed by atoms with Gasteiger partial charge in [-0.3, -0.25) is 10.1 Å². The molecule has 4 nitrogen and oxygen atoms in total. The summed E-state index contributed by atoms with van der Waals surface area (Å²) in [5, 5.41) is 3.56. The lowest BCUT2D eigenvalue weighted by Crippen LogP contribution is -2.54. The van der Waals surface area contributed by atoms with E-state index >= 15 is 0 Å². The van der Waals surface area contributed by atoms with E-state index < -0.39 is 6.04 Å². The van der Waals surface area contributed by atoms with Crippen LogP contribution in [0.2, 0.25) is 0 Å². The molecule has 26 heavy (non-hydrogen) atoms. The van der Waals surface area contributed by atoms with Crippen LogP contribution >= 0.6 is 34.0 Å². The number of nitrogens with two attached hydrogens (primary N) is 1. The molecule has 1 amide bonds. The molecule has 0 aromatic heterocycles. The summed E-state index contributed by atoms with van der Waals surface area (Å²) >= 11 is 0. The molecule has 0 saturated heterocycles. The molecule has 152 valence electrons. The molecule has 0 saturated carbocycles. The molecule has 1 aromatic carbocycles. The lowest BCUT2D eigenvalue weighted by molar-refractivity contribution is -0.138. The summed E-state index contributed by atoms with van der Waals surface area (Å²) in [5.41, 5.74) is 7.11.